The lowest BCUT2D eigenvalue weighted by Gasteiger charge is -2.15. The number of amides is 2. The molecule has 5 heteroatoms. The standard InChI is InChI=1S/C23H18N2O2S/c1-16-7-9-18(10-8-16)20-21(28-19-5-3-2-4-6-19)23(27)25(22(20)26)15-17-11-13-24-14-12-17/h2-14H,15H2,1H3. The Labute approximate surface area is 167 Å². The quantitative estimate of drug-likeness (QED) is 0.608. The first-order chi connectivity index (χ1) is 13.6. The van der Waals surface area contributed by atoms with Crippen molar-refractivity contribution in [3.05, 3.63) is 101 Å². The first-order valence-corrected chi connectivity index (χ1v) is 9.74. The fourth-order valence-electron chi connectivity index (χ4n) is 3.04. The monoisotopic (exact) mass is 386 g/mol. The molecule has 0 saturated heterocycles. The molecule has 2 heterocycles. The van der Waals surface area contributed by atoms with Crippen LogP contribution in [0.1, 0.15) is 16.7 Å². The Morgan fingerprint density at radius 3 is 2.21 bits per heavy atom. The van der Waals surface area contributed by atoms with Gasteiger partial charge in [0.05, 0.1) is 17.0 Å². The van der Waals surface area contributed by atoms with Crippen molar-refractivity contribution < 1.29 is 9.59 Å². The van der Waals surface area contributed by atoms with E-state index in [0.717, 1.165) is 21.6 Å². The van der Waals surface area contributed by atoms with Gasteiger partial charge in [0.1, 0.15) is 0 Å². The minimum Gasteiger partial charge on any atom is -0.269 e. The fourth-order valence-corrected chi connectivity index (χ4v) is 4.08. The second-order valence-electron chi connectivity index (χ2n) is 6.54. The molecule has 0 N–H and O–H groups in total. The number of hydrogen-bond acceptors (Lipinski definition) is 4. The van der Waals surface area contributed by atoms with E-state index >= 15 is 0 Å². The molecule has 1 aromatic heterocycles. The van der Waals surface area contributed by atoms with Crippen LogP contribution in [0.5, 0.6) is 0 Å². The molecule has 2 aromatic carbocycles. The van der Waals surface area contributed by atoms with Crippen LogP contribution in [0.3, 0.4) is 0 Å². The molecule has 0 unspecified atom stereocenters. The van der Waals surface area contributed by atoms with E-state index in [9.17, 15) is 9.59 Å². The van der Waals surface area contributed by atoms with Gasteiger partial charge in [0, 0.05) is 17.3 Å². The van der Waals surface area contributed by atoms with Crippen molar-refractivity contribution in [1.82, 2.24) is 9.88 Å². The van der Waals surface area contributed by atoms with Gasteiger partial charge in [-0.1, -0.05) is 59.8 Å². The molecule has 138 valence electrons. The topological polar surface area (TPSA) is 50.3 Å². The number of benzene rings is 2. The van der Waals surface area contributed by atoms with Crippen LogP contribution < -0.4 is 0 Å². The summed E-state index contributed by atoms with van der Waals surface area (Å²) < 4.78 is 0. The zero-order valence-electron chi connectivity index (χ0n) is 15.3. The molecule has 0 aliphatic carbocycles. The Morgan fingerprint density at radius 2 is 1.54 bits per heavy atom. The molecule has 0 saturated carbocycles. The van der Waals surface area contributed by atoms with Gasteiger partial charge >= 0.3 is 0 Å². The van der Waals surface area contributed by atoms with Crippen molar-refractivity contribution in [2.75, 3.05) is 0 Å². The van der Waals surface area contributed by atoms with Crippen LogP contribution in [-0.2, 0) is 16.1 Å². The summed E-state index contributed by atoms with van der Waals surface area (Å²) in [6.45, 7) is 2.23. The number of nitrogens with zero attached hydrogens (tertiary/aromatic N) is 2. The highest BCUT2D eigenvalue weighted by molar-refractivity contribution is 8.04. The van der Waals surface area contributed by atoms with E-state index in [2.05, 4.69) is 4.98 Å². The minimum atomic E-state index is -0.260. The molecule has 1 aliphatic rings. The van der Waals surface area contributed by atoms with Crippen molar-refractivity contribution >= 4 is 29.1 Å². The lowest BCUT2D eigenvalue weighted by Crippen LogP contribution is -2.30. The average Bonchev–Trinajstić information content (AvgIpc) is 2.95. The van der Waals surface area contributed by atoms with Gasteiger partial charge in [-0.15, -0.1) is 0 Å². The van der Waals surface area contributed by atoms with E-state index in [1.54, 1.807) is 12.4 Å². The molecule has 4 rings (SSSR count). The van der Waals surface area contributed by atoms with Gasteiger partial charge < -0.3 is 0 Å². The maximum atomic E-state index is 13.2. The van der Waals surface area contributed by atoms with Gasteiger partial charge in [0.2, 0.25) is 0 Å². The maximum Gasteiger partial charge on any atom is 0.268 e. The lowest BCUT2D eigenvalue weighted by atomic mass is 10.0. The highest BCUT2D eigenvalue weighted by Gasteiger charge is 2.39. The van der Waals surface area contributed by atoms with E-state index in [4.69, 9.17) is 0 Å². The summed E-state index contributed by atoms with van der Waals surface area (Å²) in [5.41, 5.74) is 3.20. The van der Waals surface area contributed by atoms with Crippen molar-refractivity contribution in [3.8, 4) is 0 Å². The van der Waals surface area contributed by atoms with Crippen molar-refractivity contribution in [2.24, 2.45) is 0 Å². The van der Waals surface area contributed by atoms with Crippen LogP contribution >= 0.6 is 11.8 Å². The number of carbonyl (C=O) groups is 2. The summed E-state index contributed by atoms with van der Waals surface area (Å²) in [4.78, 5) is 33.1. The minimum absolute atomic E-state index is 0.231. The second kappa shape index (κ2) is 7.82. The number of hydrogen-bond donors (Lipinski definition) is 0. The number of aromatic nitrogens is 1. The SMILES string of the molecule is Cc1ccc(C2=C(Sc3ccccc3)C(=O)N(Cc3ccncc3)C2=O)cc1. The Kier molecular flexibility index (Phi) is 5.08. The third-order valence-electron chi connectivity index (χ3n) is 4.52. The number of aryl methyl sites for hydroxylation is 1. The number of imide groups is 1. The molecule has 28 heavy (non-hydrogen) atoms. The fraction of sp³-hybridized carbons (Fsp3) is 0.0870. The van der Waals surface area contributed by atoms with Crippen LogP contribution in [0.4, 0.5) is 0 Å². The summed E-state index contributed by atoms with van der Waals surface area (Å²) >= 11 is 1.34. The lowest BCUT2D eigenvalue weighted by molar-refractivity contribution is -0.137. The van der Waals surface area contributed by atoms with Gasteiger partial charge in [-0.05, 0) is 42.3 Å². The zero-order valence-corrected chi connectivity index (χ0v) is 16.1. The van der Waals surface area contributed by atoms with Gasteiger partial charge in [0.25, 0.3) is 11.8 Å². The third kappa shape index (κ3) is 3.62. The Hall–Kier alpha value is -3.18. The number of rotatable bonds is 5. The van der Waals surface area contributed by atoms with E-state index in [1.807, 2.05) is 73.7 Å². The summed E-state index contributed by atoms with van der Waals surface area (Å²) in [5.74, 6) is -0.518. The van der Waals surface area contributed by atoms with Gasteiger partial charge in [0.15, 0.2) is 0 Å². The molecule has 2 amide bonds. The molecule has 0 atom stereocenters. The van der Waals surface area contributed by atoms with Crippen molar-refractivity contribution in [1.29, 1.82) is 0 Å². The largest absolute Gasteiger partial charge is 0.269 e. The summed E-state index contributed by atoms with van der Waals surface area (Å²) in [7, 11) is 0. The summed E-state index contributed by atoms with van der Waals surface area (Å²) in [5, 5.41) is 0. The molecule has 0 spiro atoms. The average molecular weight is 386 g/mol. The molecule has 3 aromatic rings. The molecule has 1 aliphatic heterocycles. The predicted octanol–water partition coefficient (Wildman–Crippen LogP) is 4.46. The maximum absolute atomic E-state index is 13.2. The van der Waals surface area contributed by atoms with Crippen LogP contribution in [-0.4, -0.2) is 21.7 Å². The molecule has 0 radical (unpaired) electrons. The number of thioether (sulfide) groups is 1. The van der Waals surface area contributed by atoms with E-state index in [-0.39, 0.29) is 18.4 Å². The van der Waals surface area contributed by atoms with Crippen LogP contribution in [0, 0.1) is 6.92 Å². The van der Waals surface area contributed by atoms with Crippen molar-refractivity contribution in [2.45, 2.75) is 18.4 Å². The Morgan fingerprint density at radius 1 is 0.857 bits per heavy atom. The predicted molar refractivity (Wildman–Crippen MR) is 110 cm³/mol. The van der Waals surface area contributed by atoms with E-state index < -0.39 is 0 Å². The van der Waals surface area contributed by atoms with Crippen LogP contribution in [0.25, 0.3) is 5.57 Å². The highest BCUT2D eigenvalue weighted by Crippen LogP contribution is 2.40. The van der Waals surface area contributed by atoms with E-state index in [0.29, 0.717) is 10.5 Å². The molecule has 4 nitrogen and oxygen atoms in total. The second-order valence-corrected chi connectivity index (χ2v) is 7.62. The van der Waals surface area contributed by atoms with Crippen LogP contribution in [0.2, 0.25) is 0 Å². The Bertz CT molecular complexity index is 1040. The molecule has 0 bridgehead atoms. The molecular weight excluding hydrogens is 368 g/mol. The van der Waals surface area contributed by atoms with E-state index in [1.165, 1.54) is 16.7 Å². The Balaban J connectivity index is 1.74. The number of pyridine rings is 1. The van der Waals surface area contributed by atoms with Gasteiger partial charge in [-0.3, -0.25) is 19.5 Å². The van der Waals surface area contributed by atoms with Crippen molar-refractivity contribution in [3.63, 3.8) is 0 Å². The highest BCUT2D eigenvalue weighted by atomic mass is 32.2. The van der Waals surface area contributed by atoms with Gasteiger partial charge in [-0.2, -0.15) is 0 Å². The number of carbonyl (C=O) groups excluding carboxylic acids is 2. The van der Waals surface area contributed by atoms with Gasteiger partial charge in [-0.25, -0.2) is 0 Å². The third-order valence-corrected chi connectivity index (χ3v) is 5.61. The molecule has 0 fully saturated rings. The first kappa shape index (κ1) is 18.2. The molecular formula is C23H18N2O2S. The summed E-state index contributed by atoms with van der Waals surface area (Å²) in [6, 6.07) is 21.0. The normalized spacial score (nSPS) is 14.1. The van der Waals surface area contributed by atoms with Crippen LogP contribution in [0.15, 0.2) is 88.9 Å². The zero-order chi connectivity index (χ0) is 19.5. The summed E-state index contributed by atoms with van der Waals surface area (Å²) in [6.07, 6.45) is 3.32. The smallest absolute Gasteiger partial charge is 0.268 e. The first-order valence-electron chi connectivity index (χ1n) is 8.93.